The van der Waals surface area contributed by atoms with Gasteiger partial charge < -0.3 is 5.32 Å². The second kappa shape index (κ2) is 6.20. The minimum Gasteiger partial charge on any atom is -0.325 e. The molecule has 1 unspecified atom stereocenters. The first-order chi connectivity index (χ1) is 10.1. The molecule has 2 aromatic rings. The highest BCUT2D eigenvalue weighted by Gasteiger charge is 2.26. The predicted octanol–water partition coefficient (Wildman–Crippen LogP) is 5.16. The maximum atomic E-state index is 12.6. The Labute approximate surface area is 137 Å². The van der Waals surface area contributed by atoms with Crippen LogP contribution < -0.4 is 5.32 Å². The van der Waals surface area contributed by atoms with Gasteiger partial charge in [-0.3, -0.25) is 4.79 Å². The average molecular weight is 365 g/mol. The molecule has 0 bridgehead atoms. The Balaban J connectivity index is 1.83. The maximum Gasteiger partial charge on any atom is 0.231 e. The van der Waals surface area contributed by atoms with Crippen LogP contribution in [0.2, 0.25) is 5.02 Å². The summed E-state index contributed by atoms with van der Waals surface area (Å²) in [6.45, 7) is 0. The average Bonchev–Trinajstić information content (AvgIpc) is 2.49. The summed E-state index contributed by atoms with van der Waals surface area (Å²) in [6, 6.07) is 13.6. The van der Waals surface area contributed by atoms with Crippen molar-refractivity contribution in [3.05, 3.63) is 63.1 Å². The smallest absolute Gasteiger partial charge is 0.231 e. The van der Waals surface area contributed by atoms with Gasteiger partial charge in [0.1, 0.15) is 0 Å². The van der Waals surface area contributed by atoms with Gasteiger partial charge >= 0.3 is 0 Å². The van der Waals surface area contributed by atoms with Crippen molar-refractivity contribution in [2.75, 3.05) is 5.32 Å². The molecule has 1 aliphatic carbocycles. The summed E-state index contributed by atoms with van der Waals surface area (Å²) in [5.74, 6) is -0.0253. The molecule has 0 spiro atoms. The number of fused-ring (bicyclic) bond motifs is 1. The molecule has 0 saturated heterocycles. The lowest BCUT2D eigenvalue weighted by atomic mass is 9.82. The van der Waals surface area contributed by atoms with Crippen molar-refractivity contribution in [2.24, 2.45) is 0 Å². The van der Waals surface area contributed by atoms with Crippen LogP contribution in [0.5, 0.6) is 0 Å². The van der Waals surface area contributed by atoms with Crippen LogP contribution in [0.3, 0.4) is 0 Å². The zero-order chi connectivity index (χ0) is 14.8. The van der Waals surface area contributed by atoms with E-state index in [1.165, 1.54) is 5.56 Å². The summed E-state index contributed by atoms with van der Waals surface area (Å²) < 4.78 is 0.799. The minimum atomic E-state index is -0.0717. The third-order valence-corrected chi connectivity index (χ3v) is 4.77. The largest absolute Gasteiger partial charge is 0.325 e. The molecule has 4 heteroatoms. The quantitative estimate of drug-likeness (QED) is 0.783. The van der Waals surface area contributed by atoms with E-state index in [9.17, 15) is 4.79 Å². The molecule has 1 amide bonds. The van der Waals surface area contributed by atoms with Crippen LogP contribution in [-0.4, -0.2) is 5.91 Å². The standard InChI is InChI=1S/C17H15BrClNO/c18-15-10-12(19)8-9-16(15)20-17(21)14-7-3-5-11-4-1-2-6-13(11)14/h1-2,4,6,8-10,14H,3,5,7H2,(H,20,21). The second-order valence-corrected chi connectivity index (χ2v) is 6.55. The van der Waals surface area contributed by atoms with Gasteiger partial charge in [0.2, 0.25) is 5.91 Å². The molecule has 21 heavy (non-hydrogen) atoms. The Kier molecular flexibility index (Phi) is 4.32. The number of carbonyl (C=O) groups is 1. The fraction of sp³-hybridized carbons (Fsp3) is 0.235. The fourth-order valence-electron chi connectivity index (χ4n) is 2.84. The molecule has 0 aliphatic heterocycles. The molecule has 108 valence electrons. The van der Waals surface area contributed by atoms with Gasteiger partial charge in [-0.15, -0.1) is 0 Å². The van der Waals surface area contributed by atoms with Crippen LogP contribution in [0.25, 0.3) is 0 Å². The van der Waals surface area contributed by atoms with Crippen LogP contribution >= 0.6 is 27.5 Å². The van der Waals surface area contributed by atoms with Gasteiger partial charge in [-0.2, -0.15) is 0 Å². The first kappa shape index (κ1) is 14.6. The van der Waals surface area contributed by atoms with E-state index in [1.807, 2.05) is 18.2 Å². The lowest BCUT2D eigenvalue weighted by Gasteiger charge is -2.24. The summed E-state index contributed by atoms with van der Waals surface area (Å²) in [4.78, 5) is 12.6. The zero-order valence-corrected chi connectivity index (χ0v) is 13.7. The lowest BCUT2D eigenvalue weighted by molar-refractivity contribution is -0.117. The van der Waals surface area contributed by atoms with Crippen molar-refractivity contribution in [1.82, 2.24) is 0 Å². The van der Waals surface area contributed by atoms with Crippen molar-refractivity contribution >= 4 is 39.1 Å². The van der Waals surface area contributed by atoms with Crippen molar-refractivity contribution in [1.29, 1.82) is 0 Å². The van der Waals surface area contributed by atoms with E-state index in [0.717, 1.165) is 35.0 Å². The summed E-state index contributed by atoms with van der Waals surface area (Å²) >= 11 is 9.36. The van der Waals surface area contributed by atoms with E-state index in [2.05, 4.69) is 33.4 Å². The van der Waals surface area contributed by atoms with Gasteiger partial charge in [0.05, 0.1) is 11.6 Å². The first-order valence-corrected chi connectivity index (χ1v) is 8.16. The predicted molar refractivity (Wildman–Crippen MR) is 89.9 cm³/mol. The fourth-order valence-corrected chi connectivity index (χ4v) is 3.62. The minimum absolute atomic E-state index is 0.0465. The monoisotopic (exact) mass is 363 g/mol. The number of hydrogen-bond acceptors (Lipinski definition) is 1. The van der Waals surface area contributed by atoms with Crippen LogP contribution in [-0.2, 0) is 11.2 Å². The highest BCUT2D eigenvalue weighted by Crippen LogP contribution is 2.33. The number of anilines is 1. The Morgan fingerprint density at radius 2 is 2.05 bits per heavy atom. The summed E-state index contributed by atoms with van der Waals surface area (Å²) in [6.07, 6.45) is 3.01. The van der Waals surface area contributed by atoms with Crippen LogP contribution in [0.15, 0.2) is 46.9 Å². The van der Waals surface area contributed by atoms with Crippen molar-refractivity contribution in [3.63, 3.8) is 0 Å². The molecule has 0 saturated carbocycles. The van der Waals surface area contributed by atoms with Gasteiger partial charge in [-0.05, 0) is 64.5 Å². The summed E-state index contributed by atoms with van der Waals surface area (Å²) in [5.41, 5.74) is 3.21. The highest BCUT2D eigenvalue weighted by atomic mass is 79.9. The van der Waals surface area contributed by atoms with E-state index in [0.29, 0.717) is 5.02 Å². The normalized spacial score (nSPS) is 17.1. The number of hydrogen-bond donors (Lipinski definition) is 1. The summed E-state index contributed by atoms with van der Waals surface area (Å²) in [5, 5.41) is 3.65. The Morgan fingerprint density at radius 1 is 1.24 bits per heavy atom. The Morgan fingerprint density at radius 3 is 2.86 bits per heavy atom. The number of halogens is 2. The van der Waals surface area contributed by atoms with Crippen LogP contribution in [0.1, 0.15) is 29.9 Å². The molecule has 1 atom stereocenters. The van der Waals surface area contributed by atoms with Crippen molar-refractivity contribution in [2.45, 2.75) is 25.2 Å². The third kappa shape index (κ3) is 3.14. The van der Waals surface area contributed by atoms with Gasteiger partial charge in [-0.25, -0.2) is 0 Å². The van der Waals surface area contributed by atoms with Crippen molar-refractivity contribution in [3.8, 4) is 0 Å². The van der Waals surface area contributed by atoms with Crippen molar-refractivity contribution < 1.29 is 4.79 Å². The topological polar surface area (TPSA) is 29.1 Å². The number of benzene rings is 2. The second-order valence-electron chi connectivity index (χ2n) is 5.26. The number of amides is 1. The number of aryl methyl sites for hydroxylation is 1. The molecule has 2 nitrogen and oxygen atoms in total. The highest BCUT2D eigenvalue weighted by molar-refractivity contribution is 9.10. The molecule has 0 fully saturated rings. The molecule has 0 radical (unpaired) electrons. The van der Waals surface area contributed by atoms with Crippen LogP contribution in [0, 0.1) is 0 Å². The molecular formula is C17H15BrClNO. The molecule has 0 aromatic heterocycles. The van der Waals surface area contributed by atoms with E-state index in [-0.39, 0.29) is 11.8 Å². The van der Waals surface area contributed by atoms with Gasteiger partial charge in [0.25, 0.3) is 0 Å². The molecule has 1 aliphatic rings. The number of carbonyl (C=O) groups excluding carboxylic acids is 1. The van der Waals surface area contributed by atoms with E-state index in [4.69, 9.17) is 11.6 Å². The van der Waals surface area contributed by atoms with Gasteiger partial charge in [0.15, 0.2) is 0 Å². The number of rotatable bonds is 2. The van der Waals surface area contributed by atoms with E-state index in [1.54, 1.807) is 12.1 Å². The third-order valence-electron chi connectivity index (χ3n) is 3.87. The molecule has 2 aromatic carbocycles. The van der Waals surface area contributed by atoms with Gasteiger partial charge in [0, 0.05) is 9.50 Å². The van der Waals surface area contributed by atoms with Gasteiger partial charge in [-0.1, -0.05) is 35.9 Å². The Hall–Kier alpha value is -1.32. The molecule has 3 rings (SSSR count). The van der Waals surface area contributed by atoms with Crippen LogP contribution in [0.4, 0.5) is 5.69 Å². The molecular weight excluding hydrogens is 350 g/mol. The number of nitrogens with one attached hydrogen (secondary N) is 1. The first-order valence-electron chi connectivity index (χ1n) is 6.99. The Bertz CT molecular complexity index is 686. The lowest BCUT2D eigenvalue weighted by Crippen LogP contribution is -2.24. The SMILES string of the molecule is O=C(Nc1ccc(Cl)cc1Br)C1CCCc2ccccc21. The molecule has 0 heterocycles. The molecule has 1 N–H and O–H groups in total. The maximum absolute atomic E-state index is 12.6. The zero-order valence-electron chi connectivity index (χ0n) is 11.4. The summed E-state index contributed by atoms with van der Waals surface area (Å²) in [7, 11) is 0. The van der Waals surface area contributed by atoms with E-state index < -0.39 is 0 Å². The van der Waals surface area contributed by atoms with E-state index >= 15 is 0 Å².